The van der Waals surface area contributed by atoms with E-state index in [1.807, 2.05) is 50.8 Å². The van der Waals surface area contributed by atoms with Crippen LogP contribution in [0.25, 0.3) is 5.69 Å². The number of urea groups is 1. The number of nitrogens with zero attached hydrogens (tertiary/aromatic N) is 5. The highest BCUT2D eigenvalue weighted by Gasteiger charge is 2.30. The van der Waals surface area contributed by atoms with Gasteiger partial charge in [0.2, 0.25) is 0 Å². The van der Waals surface area contributed by atoms with E-state index in [1.54, 1.807) is 9.58 Å². The SMILES string of the molecule is CCNC(=O)N1CCc2c(cccc2-n2nnc(C(=O)N3C[C@@H](C)O[C@H](C)C3)c2C)C1. The van der Waals surface area contributed by atoms with Gasteiger partial charge in [-0.15, -0.1) is 5.10 Å². The van der Waals surface area contributed by atoms with E-state index in [4.69, 9.17) is 4.74 Å². The Hall–Kier alpha value is -2.94. The van der Waals surface area contributed by atoms with Gasteiger partial charge < -0.3 is 19.9 Å². The monoisotopic (exact) mass is 426 g/mol. The van der Waals surface area contributed by atoms with Crippen LogP contribution in [-0.4, -0.2) is 75.1 Å². The lowest BCUT2D eigenvalue weighted by molar-refractivity contribution is -0.0587. The highest BCUT2D eigenvalue weighted by Crippen LogP contribution is 2.26. The molecule has 4 rings (SSSR count). The largest absolute Gasteiger partial charge is 0.372 e. The molecule has 1 N–H and O–H groups in total. The number of hydrogen-bond acceptors (Lipinski definition) is 5. The van der Waals surface area contributed by atoms with Crippen LogP contribution in [0.5, 0.6) is 0 Å². The van der Waals surface area contributed by atoms with Gasteiger partial charge in [-0.3, -0.25) is 4.79 Å². The highest BCUT2D eigenvalue weighted by molar-refractivity contribution is 5.93. The van der Waals surface area contributed by atoms with Crippen LogP contribution in [-0.2, 0) is 17.7 Å². The van der Waals surface area contributed by atoms with Crippen molar-refractivity contribution in [3.63, 3.8) is 0 Å². The number of benzene rings is 1. The van der Waals surface area contributed by atoms with Gasteiger partial charge >= 0.3 is 6.03 Å². The Morgan fingerprint density at radius 2 is 1.94 bits per heavy atom. The predicted octanol–water partition coefficient (Wildman–Crippen LogP) is 1.91. The van der Waals surface area contributed by atoms with Crippen LogP contribution in [0.4, 0.5) is 4.79 Å². The zero-order valence-corrected chi connectivity index (χ0v) is 18.6. The lowest BCUT2D eigenvalue weighted by Crippen LogP contribution is -2.48. The molecule has 0 saturated carbocycles. The Morgan fingerprint density at radius 3 is 2.65 bits per heavy atom. The Bertz CT molecular complexity index is 978. The number of nitrogens with one attached hydrogen (secondary N) is 1. The maximum absolute atomic E-state index is 13.1. The van der Waals surface area contributed by atoms with Crippen LogP contribution in [0.1, 0.15) is 48.1 Å². The lowest BCUT2D eigenvalue weighted by atomic mass is 9.98. The van der Waals surface area contributed by atoms with Gasteiger partial charge in [-0.25, -0.2) is 9.48 Å². The van der Waals surface area contributed by atoms with Gasteiger partial charge in [-0.1, -0.05) is 17.3 Å². The normalized spacial score (nSPS) is 21.0. The number of aromatic nitrogens is 3. The average Bonchev–Trinajstić information content (AvgIpc) is 3.12. The first-order valence-corrected chi connectivity index (χ1v) is 10.9. The summed E-state index contributed by atoms with van der Waals surface area (Å²) >= 11 is 0. The van der Waals surface area contributed by atoms with E-state index in [9.17, 15) is 9.59 Å². The topological polar surface area (TPSA) is 92.6 Å². The summed E-state index contributed by atoms with van der Waals surface area (Å²) in [5.41, 5.74) is 4.24. The molecule has 0 radical (unpaired) electrons. The van der Waals surface area contributed by atoms with E-state index in [0.29, 0.717) is 38.4 Å². The number of hydrogen-bond donors (Lipinski definition) is 1. The van der Waals surface area contributed by atoms with Gasteiger partial charge in [0.15, 0.2) is 5.69 Å². The van der Waals surface area contributed by atoms with Gasteiger partial charge in [0.25, 0.3) is 5.91 Å². The molecule has 0 spiro atoms. The number of fused-ring (bicyclic) bond motifs is 1. The first-order valence-electron chi connectivity index (χ1n) is 10.9. The van der Waals surface area contributed by atoms with E-state index >= 15 is 0 Å². The number of rotatable bonds is 3. The zero-order chi connectivity index (χ0) is 22.1. The molecule has 1 saturated heterocycles. The molecule has 9 heteroatoms. The third-order valence-corrected chi connectivity index (χ3v) is 5.89. The van der Waals surface area contributed by atoms with Crippen molar-refractivity contribution in [2.24, 2.45) is 0 Å². The summed E-state index contributed by atoms with van der Waals surface area (Å²) in [6.07, 6.45) is 0.720. The van der Waals surface area contributed by atoms with Crippen LogP contribution in [0.3, 0.4) is 0 Å². The van der Waals surface area contributed by atoms with Crippen molar-refractivity contribution >= 4 is 11.9 Å². The number of amides is 3. The molecule has 1 fully saturated rings. The Balaban J connectivity index is 1.60. The molecular weight excluding hydrogens is 396 g/mol. The molecule has 0 unspecified atom stereocenters. The van der Waals surface area contributed by atoms with Crippen molar-refractivity contribution < 1.29 is 14.3 Å². The molecule has 2 atom stereocenters. The number of carbonyl (C=O) groups excluding carboxylic acids is 2. The van der Waals surface area contributed by atoms with Gasteiger partial charge in [0.1, 0.15) is 0 Å². The molecule has 3 amide bonds. The van der Waals surface area contributed by atoms with Crippen LogP contribution in [0.15, 0.2) is 18.2 Å². The molecule has 166 valence electrons. The van der Waals surface area contributed by atoms with Crippen molar-refractivity contribution in [1.82, 2.24) is 30.1 Å². The Morgan fingerprint density at radius 1 is 1.19 bits per heavy atom. The van der Waals surface area contributed by atoms with Crippen molar-refractivity contribution in [2.45, 2.75) is 52.9 Å². The molecule has 2 aliphatic heterocycles. The maximum atomic E-state index is 13.1. The second kappa shape index (κ2) is 8.66. The van der Waals surface area contributed by atoms with Crippen LogP contribution in [0, 0.1) is 6.92 Å². The van der Waals surface area contributed by atoms with E-state index in [1.165, 1.54) is 0 Å². The molecule has 2 aromatic rings. The maximum Gasteiger partial charge on any atom is 0.317 e. The molecule has 1 aromatic heterocycles. The summed E-state index contributed by atoms with van der Waals surface area (Å²) in [5, 5.41) is 11.4. The Kier molecular flexibility index (Phi) is 5.95. The lowest BCUT2D eigenvalue weighted by Gasteiger charge is -2.34. The molecule has 2 aliphatic rings. The summed E-state index contributed by atoms with van der Waals surface area (Å²) in [4.78, 5) is 29.0. The van der Waals surface area contributed by atoms with Crippen molar-refractivity contribution in [3.05, 3.63) is 40.7 Å². The van der Waals surface area contributed by atoms with E-state index in [0.717, 1.165) is 28.9 Å². The fourth-order valence-electron chi connectivity index (χ4n) is 4.47. The second-order valence-corrected chi connectivity index (χ2v) is 8.32. The smallest absolute Gasteiger partial charge is 0.317 e. The first kappa shape index (κ1) is 21.3. The minimum atomic E-state index is -0.113. The Labute approximate surface area is 182 Å². The first-order chi connectivity index (χ1) is 14.9. The van der Waals surface area contributed by atoms with E-state index in [-0.39, 0.29) is 24.1 Å². The third-order valence-electron chi connectivity index (χ3n) is 5.89. The molecule has 9 nitrogen and oxygen atoms in total. The predicted molar refractivity (Wildman–Crippen MR) is 115 cm³/mol. The molecule has 0 aliphatic carbocycles. The molecule has 1 aromatic carbocycles. The fourth-order valence-corrected chi connectivity index (χ4v) is 4.47. The molecule has 3 heterocycles. The molecule has 0 bridgehead atoms. The van der Waals surface area contributed by atoms with Crippen molar-refractivity contribution in [1.29, 1.82) is 0 Å². The highest BCUT2D eigenvalue weighted by atomic mass is 16.5. The molecular formula is C22H30N6O3. The number of morpholine rings is 1. The molecule has 31 heavy (non-hydrogen) atoms. The minimum absolute atomic E-state index is 0.00273. The van der Waals surface area contributed by atoms with E-state index in [2.05, 4.69) is 15.6 Å². The van der Waals surface area contributed by atoms with Crippen LogP contribution >= 0.6 is 0 Å². The van der Waals surface area contributed by atoms with Crippen LogP contribution in [0.2, 0.25) is 0 Å². The number of carbonyl (C=O) groups is 2. The van der Waals surface area contributed by atoms with Gasteiger partial charge in [0, 0.05) is 32.7 Å². The fraction of sp³-hybridized carbons (Fsp3) is 0.545. The summed E-state index contributed by atoms with van der Waals surface area (Å²) < 4.78 is 7.49. The number of ether oxygens (including phenoxy) is 1. The zero-order valence-electron chi connectivity index (χ0n) is 18.6. The summed E-state index contributed by atoms with van der Waals surface area (Å²) in [7, 11) is 0. The average molecular weight is 427 g/mol. The third kappa shape index (κ3) is 4.14. The second-order valence-electron chi connectivity index (χ2n) is 8.32. The van der Waals surface area contributed by atoms with Gasteiger partial charge in [-0.05, 0) is 51.3 Å². The van der Waals surface area contributed by atoms with E-state index < -0.39 is 0 Å². The summed E-state index contributed by atoms with van der Waals surface area (Å²) in [6, 6.07) is 5.95. The van der Waals surface area contributed by atoms with Crippen molar-refractivity contribution in [2.75, 3.05) is 26.2 Å². The minimum Gasteiger partial charge on any atom is -0.372 e. The van der Waals surface area contributed by atoms with Crippen molar-refractivity contribution in [3.8, 4) is 5.69 Å². The summed E-state index contributed by atoms with van der Waals surface area (Å²) in [6.45, 7) is 10.6. The quantitative estimate of drug-likeness (QED) is 0.809. The van der Waals surface area contributed by atoms with Gasteiger partial charge in [0.05, 0.1) is 23.6 Å². The summed E-state index contributed by atoms with van der Waals surface area (Å²) in [5.74, 6) is -0.113. The van der Waals surface area contributed by atoms with Gasteiger partial charge in [-0.2, -0.15) is 0 Å². The van der Waals surface area contributed by atoms with Crippen LogP contribution < -0.4 is 5.32 Å². The standard InChI is InChI=1S/C22H30N6O3/c1-5-23-22(30)26-10-9-18-17(13-26)7-6-8-19(18)28-16(4)20(24-25-28)21(29)27-11-14(2)31-15(3)12-27/h6-8,14-15H,5,9-13H2,1-4H3,(H,23,30)/t14-,15-/m1/s1.